The lowest BCUT2D eigenvalue weighted by molar-refractivity contribution is 0.0152. The van der Waals surface area contributed by atoms with Crippen LogP contribution in [0.3, 0.4) is 0 Å². The van der Waals surface area contributed by atoms with E-state index in [0.29, 0.717) is 24.5 Å². The number of rotatable bonds is 8. The molecule has 1 N–H and O–H groups in total. The van der Waals surface area contributed by atoms with Gasteiger partial charge in [0.15, 0.2) is 0 Å². The molecule has 1 rings (SSSR count). The van der Waals surface area contributed by atoms with Crippen molar-refractivity contribution in [2.24, 2.45) is 11.8 Å². The predicted molar refractivity (Wildman–Crippen MR) is 74.2 cm³/mol. The second-order valence-corrected chi connectivity index (χ2v) is 6.41. The molecule has 3 heteroatoms. The summed E-state index contributed by atoms with van der Waals surface area (Å²) in [6.45, 7) is 11.2. The van der Waals surface area contributed by atoms with Gasteiger partial charge in [-0.15, -0.1) is 0 Å². The predicted octanol–water partition coefficient (Wildman–Crippen LogP) is 3.11. The van der Waals surface area contributed by atoms with E-state index < -0.39 is 5.54 Å². The third kappa shape index (κ3) is 4.59. The van der Waals surface area contributed by atoms with Gasteiger partial charge in [-0.1, -0.05) is 13.8 Å². The average Bonchev–Trinajstić information content (AvgIpc) is 3.06. The molecule has 0 amide bonds. The second kappa shape index (κ2) is 6.54. The second-order valence-electron chi connectivity index (χ2n) is 6.41. The molecule has 3 nitrogen and oxygen atoms in total. The average molecular weight is 252 g/mol. The van der Waals surface area contributed by atoms with E-state index in [9.17, 15) is 5.26 Å². The summed E-state index contributed by atoms with van der Waals surface area (Å²) in [6, 6.07) is 2.80. The number of ether oxygens (including phenoxy) is 1. The summed E-state index contributed by atoms with van der Waals surface area (Å²) >= 11 is 0. The zero-order valence-electron chi connectivity index (χ0n) is 12.5. The molecule has 0 aromatic carbocycles. The van der Waals surface area contributed by atoms with Crippen LogP contribution < -0.4 is 5.32 Å². The lowest BCUT2D eigenvalue weighted by Gasteiger charge is -2.31. The molecule has 0 aromatic heterocycles. The molecule has 18 heavy (non-hydrogen) atoms. The van der Waals surface area contributed by atoms with Crippen molar-refractivity contribution >= 4 is 0 Å². The summed E-state index contributed by atoms with van der Waals surface area (Å²) in [7, 11) is 0. The summed E-state index contributed by atoms with van der Waals surface area (Å²) in [4.78, 5) is 0. The molecule has 1 aliphatic carbocycles. The molecule has 0 heterocycles. The smallest absolute Gasteiger partial charge is 0.133 e. The fraction of sp³-hybridized carbons (Fsp3) is 0.933. The first kappa shape index (κ1) is 15.5. The molecule has 0 spiro atoms. The van der Waals surface area contributed by atoms with E-state index in [1.54, 1.807) is 0 Å². The van der Waals surface area contributed by atoms with Gasteiger partial charge in [0.25, 0.3) is 0 Å². The maximum Gasteiger partial charge on any atom is 0.133 e. The molecule has 0 saturated heterocycles. The fourth-order valence-electron chi connectivity index (χ4n) is 2.53. The lowest BCUT2D eigenvalue weighted by atomic mass is 9.95. The van der Waals surface area contributed by atoms with Crippen molar-refractivity contribution in [3.8, 4) is 6.07 Å². The summed E-state index contributed by atoms with van der Waals surface area (Å²) in [5, 5.41) is 13.0. The first-order valence-electron chi connectivity index (χ1n) is 7.20. The third-order valence-corrected chi connectivity index (χ3v) is 3.42. The summed E-state index contributed by atoms with van der Waals surface area (Å²) in [6.07, 6.45) is 3.57. The zero-order valence-corrected chi connectivity index (χ0v) is 12.5. The van der Waals surface area contributed by atoms with E-state index in [2.05, 4.69) is 46.0 Å². The first-order valence-corrected chi connectivity index (χ1v) is 7.20. The minimum atomic E-state index is -0.473. The number of hydrogen-bond acceptors (Lipinski definition) is 3. The summed E-state index contributed by atoms with van der Waals surface area (Å²) in [5.41, 5.74) is -0.473. The maximum absolute atomic E-state index is 9.54. The van der Waals surface area contributed by atoms with Gasteiger partial charge in [-0.3, -0.25) is 5.32 Å². The van der Waals surface area contributed by atoms with E-state index in [-0.39, 0.29) is 6.10 Å². The highest BCUT2D eigenvalue weighted by molar-refractivity contribution is 5.16. The van der Waals surface area contributed by atoms with E-state index in [1.165, 1.54) is 0 Å². The van der Waals surface area contributed by atoms with Crippen molar-refractivity contribution in [2.75, 3.05) is 6.61 Å². The molecule has 1 saturated carbocycles. The van der Waals surface area contributed by atoms with Gasteiger partial charge in [0.05, 0.1) is 18.8 Å². The van der Waals surface area contributed by atoms with Gasteiger partial charge in [0.1, 0.15) is 5.54 Å². The molecular formula is C15H28N2O. The van der Waals surface area contributed by atoms with Crippen molar-refractivity contribution in [3.05, 3.63) is 0 Å². The highest BCUT2D eigenvalue weighted by Gasteiger charge is 2.46. The topological polar surface area (TPSA) is 45.0 Å². The Labute approximate surface area is 112 Å². The van der Waals surface area contributed by atoms with Gasteiger partial charge < -0.3 is 4.74 Å². The number of nitriles is 1. The summed E-state index contributed by atoms with van der Waals surface area (Å²) < 4.78 is 5.93. The molecule has 1 aliphatic rings. The van der Waals surface area contributed by atoms with Gasteiger partial charge in [0, 0.05) is 6.04 Å². The van der Waals surface area contributed by atoms with Crippen LogP contribution in [0.2, 0.25) is 0 Å². The van der Waals surface area contributed by atoms with Crippen LogP contribution in [-0.4, -0.2) is 24.3 Å². The minimum Gasteiger partial charge on any atom is -0.375 e. The Hall–Kier alpha value is -0.590. The molecule has 0 aromatic rings. The van der Waals surface area contributed by atoms with Crippen LogP contribution in [0.4, 0.5) is 0 Å². The summed E-state index contributed by atoms with van der Waals surface area (Å²) in [5.74, 6) is 1.10. The number of nitrogens with zero attached hydrogens (tertiary/aromatic N) is 1. The van der Waals surface area contributed by atoms with Gasteiger partial charge in [-0.25, -0.2) is 0 Å². The number of nitrogens with one attached hydrogen (secondary N) is 1. The lowest BCUT2D eigenvalue weighted by Crippen LogP contribution is -2.53. The van der Waals surface area contributed by atoms with E-state index in [4.69, 9.17) is 4.74 Å². The Balaban J connectivity index is 2.54. The maximum atomic E-state index is 9.54. The molecule has 0 bridgehead atoms. The highest BCUT2D eigenvalue weighted by atomic mass is 16.5. The van der Waals surface area contributed by atoms with Crippen LogP contribution in [0.5, 0.6) is 0 Å². The largest absolute Gasteiger partial charge is 0.375 e. The molecule has 1 fully saturated rings. The van der Waals surface area contributed by atoms with E-state index in [0.717, 1.165) is 19.3 Å². The molecule has 104 valence electrons. The standard InChI is InChI=1S/C15H28N2O/c1-11(2)8-13(5)18-10-15(9-16,14-6-7-14)17-12(3)4/h11-14,17H,6-8,10H2,1-5H3. The first-order chi connectivity index (χ1) is 8.39. The van der Waals surface area contributed by atoms with Crippen molar-refractivity contribution in [1.29, 1.82) is 5.26 Å². The highest BCUT2D eigenvalue weighted by Crippen LogP contribution is 2.40. The Bertz CT molecular complexity index is 291. The van der Waals surface area contributed by atoms with Crippen molar-refractivity contribution in [1.82, 2.24) is 5.32 Å². The van der Waals surface area contributed by atoms with Gasteiger partial charge >= 0.3 is 0 Å². The molecule has 2 atom stereocenters. The van der Waals surface area contributed by atoms with Crippen LogP contribution in [0.25, 0.3) is 0 Å². The Morgan fingerprint density at radius 1 is 1.28 bits per heavy atom. The van der Waals surface area contributed by atoms with E-state index >= 15 is 0 Å². The Morgan fingerprint density at radius 2 is 1.89 bits per heavy atom. The van der Waals surface area contributed by atoms with Crippen molar-refractivity contribution in [2.45, 2.75) is 71.6 Å². The van der Waals surface area contributed by atoms with Crippen LogP contribution in [0.15, 0.2) is 0 Å². The van der Waals surface area contributed by atoms with Gasteiger partial charge in [-0.05, 0) is 51.9 Å². The van der Waals surface area contributed by atoms with Gasteiger partial charge in [0.2, 0.25) is 0 Å². The molecule has 2 unspecified atom stereocenters. The van der Waals surface area contributed by atoms with E-state index in [1.807, 2.05) is 0 Å². The van der Waals surface area contributed by atoms with Gasteiger partial charge in [-0.2, -0.15) is 5.26 Å². The minimum absolute atomic E-state index is 0.227. The van der Waals surface area contributed by atoms with Crippen LogP contribution in [0, 0.1) is 23.2 Å². The molecule has 0 aliphatic heterocycles. The van der Waals surface area contributed by atoms with Crippen LogP contribution in [0.1, 0.15) is 53.9 Å². The normalized spacial score (nSPS) is 20.8. The molecular weight excluding hydrogens is 224 g/mol. The van der Waals surface area contributed by atoms with Crippen molar-refractivity contribution < 1.29 is 4.74 Å². The monoisotopic (exact) mass is 252 g/mol. The number of hydrogen-bond donors (Lipinski definition) is 1. The molecule has 0 radical (unpaired) electrons. The fourth-order valence-corrected chi connectivity index (χ4v) is 2.53. The SMILES string of the molecule is CC(C)CC(C)OCC(C#N)(NC(C)C)C1CC1. The van der Waals surface area contributed by atoms with Crippen LogP contribution >= 0.6 is 0 Å². The Morgan fingerprint density at radius 3 is 2.28 bits per heavy atom. The Kier molecular flexibility index (Phi) is 5.62. The third-order valence-electron chi connectivity index (χ3n) is 3.42. The quantitative estimate of drug-likeness (QED) is 0.722. The van der Waals surface area contributed by atoms with Crippen molar-refractivity contribution in [3.63, 3.8) is 0 Å². The van der Waals surface area contributed by atoms with Crippen LogP contribution in [-0.2, 0) is 4.74 Å². The zero-order chi connectivity index (χ0) is 13.8.